The van der Waals surface area contributed by atoms with Gasteiger partial charge in [0, 0.05) is 6.54 Å². The van der Waals surface area contributed by atoms with Crippen LogP contribution in [0.25, 0.3) is 0 Å². The molecule has 0 aliphatic carbocycles. The number of nitrogens with two attached hydrogens (primary N) is 1. The maximum atomic E-state index is 12.6. The second kappa shape index (κ2) is 8.12. The molecule has 2 aromatic carbocycles. The summed E-state index contributed by atoms with van der Waals surface area (Å²) in [4.78, 5) is 38.4. The summed E-state index contributed by atoms with van der Waals surface area (Å²) in [5.41, 5.74) is 6.82. The summed E-state index contributed by atoms with van der Waals surface area (Å²) in [6, 6.07) is 11.6. The van der Waals surface area contributed by atoms with Gasteiger partial charge in [-0.15, -0.1) is 0 Å². The van der Waals surface area contributed by atoms with Crippen LogP contribution in [0.4, 0.5) is 0 Å². The van der Waals surface area contributed by atoms with E-state index in [0.717, 1.165) is 11.3 Å². The van der Waals surface area contributed by atoms with Crippen LogP contribution in [0.5, 0.6) is 11.5 Å². The highest BCUT2D eigenvalue weighted by atomic mass is 16.5. The molecule has 0 spiro atoms. The molecule has 7 heteroatoms. The number of benzene rings is 2. The number of rotatable bonds is 8. The van der Waals surface area contributed by atoms with Gasteiger partial charge in [-0.05, 0) is 36.2 Å². The highest BCUT2D eigenvalue weighted by molar-refractivity contribution is 6.21. The molecule has 0 fully saturated rings. The zero-order valence-corrected chi connectivity index (χ0v) is 15.8. The standard InChI is InChI=1S/C21H22N2O5/c1-3-10-28-18-11-13(8-9-17(18)27-2)16(19(22)24)12-23-20(25)14-6-4-5-7-15(14)21(23)26/h4-9,11,16H,3,10,12H2,1-2H3,(H2,22,24). The van der Waals surface area contributed by atoms with Crippen molar-refractivity contribution in [1.82, 2.24) is 4.90 Å². The first-order chi connectivity index (χ1) is 13.5. The first-order valence-corrected chi connectivity index (χ1v) is 9.03. The van der Waals surface area contributed by atoms with E-state index in [1.165, 1.54) is 7.11 Å². The third-order valence-electron chi connectivity index (χ3n) is 4.64. The maximum Gasteiger partial charge on any atom is 0.261 e. The van der Waals surface area contributed by atoms with E-state index in [0.29, 0.717) is 34.8 Å². The van der Waals surface area contributed by atoms with Crippen LogP contribution < -0.4 is 15.2 Å². The maximum absolute atomic E-state index is 12.6. The Labute approximate surface area is 163 Å². The van der Waals surface area contributed by atoms with E-state index in [2.05, 4.69) is 0 Å². The van der Waals surface area contributed by atoms with Gasteiger partial charge in [0.05, 0.1) is 30.8 Å². The van der Waals surface area contributed by atoms with E-state index in [4.69, 9.17) is 15.2 Å². The van der Waals surface area contributed by atoms with Gasteiger partial charge in [0.15, 0.2) is 11.5 Å². The molecule has 1 atom stereocenters. The number of ether oxygens (including phenoxy) is 2. The number of hydrogen-bond acceptors (Lipinski definition) is 5. The van der Waals surface area contributed by atoms with Crippen molar-refractivity contribution < 1.29 is 23.9 Å². The van der Waals surface area contributed by atoms with Crippen molar-refractivity contribution in [2.75, 3.05) is 20.3 Å². The van der Waals surface area contributed by atoms with E-state index < -0.39 is 23.6 Å². The van der Waals surface area contributed by atoms with E-state index >= 15 is 0 Å². The number of hydrogen-bond donors (Lipinski definition) is 1. The molecule has 1 aliphatic heterocycles. The second-order valence-corrected chi connectivity index (χ2v) is 6.48. The SMILES string of the molecule is CCCOc1cc(C(CN2C(=O)c3ccccc3C2=O)C(N)=O)ccc1OC. The molecular weight excluding hydrogens is 360 g/mol. The molecule has 7 nitrogen and oxygen atoms in total. The number of methoxy groups -OCH3 is 1. The Morgan fingerprint density at radius 1 is 1.07 bits per heavy atom. The van der Waals surface area contributed by atoms with E-state index in [9.17, 15) is 14.4 Å². The molecule has 0 saturated heterocycles. The minimum atomic E-state index is -0.864. The van der Waals surface area contributed by atoms with Crippen LogP contribution in [0.2, 0.25) is 0 Å². The first kappa shape index (κ1) is 19.4. The van der Waals surface area contributed by atoms with E-state index in [1.807, 2.05) is 6.92 Å². The summed E-state index contributed by atoms with van der Waals surface area (Å²) in [6.07, 6.45) is 0.807. The third-order valence-corrected chi connectivity index (χ3v) is 4.64. The molecule has 1 aliphatic rings. The Balaban J connectivity index is 1.90. The molecule has 0 aromatic heterocycles. The smallest absolute Gasteiger partial charge is 0.261 e. The fourth-order valence-corrected chi connectivity index (χ4v) is 3.18. The van der Waals surface area contributed by atoms with Crippen LogP contribution in [0, 0.1) is 0 Å². The summed E-state index contributed by atoms with van der Waals surface area (Å²) in [6.45, 7) is 2.32. The fourth-order valence-electron chi connectivity index (χ4n) is 3.18. The molecule has 0 radical (unpaired) electrons. The van der Waals surface area contributed by atoms with Crippen LogP contribution in [-0.2, 0) is 4.79 Å². The van der Waals surface area contributed by atoms with Crippen molar-refractivity contribution in [3.05, 3.63) is 59.2 Å². The van der Waals surface area contributed by atoms with Crippen LogP contribution in [0.1, 0.15) is 45.5 Å². The number of carbonyl (C=O) groups excluding carboxylic acids is 3. The minimum absolute atomic E-state index is 0.138. The lowest BCUT2D eigenvalue weighted by atomic mass is 9.97. The van der Waals surface area contributed by atoms with Gasteiger partial charge in [-0.3, -0.25) is 19.3 Å². The van der Waals surface area contributed by atoms with Crippen LogP contribution in [0.15, 0.2) is 42.5 Å². The van der Waals surface area contributed by atoms with Gasteiger partial charge in [0.25, 0.3) is 11.8 Å². The predicted molar refractivity (Wildman–Crippen MR) is 103 cm³/mol. The number of amides is 3. The Bertz CT molecular complexity index is 890. The lowest BCUT2D eigenvalue weighted by molar-refractivity contribution is -0.119. The molecule has 28 heavy (non-hydrogen) atoms. The predicted octanol–water partition coefficient (Wildman–Crippen LogP) is 2.35. The number of fused-ring (bicyclic) bond motifs is 1. The summed E-state index contributed by atoms with van der Waals surface area (Å²) in [5, 5.41) is 0. The second-order valence-electron chi connectivity index (χ2n) is 6.48. The molecular formula is C21H22N2O5. The Hall–Kier alpha value is -3.35. The first-order valence-electron chi connectivity index (χ1n) is 9.03. The lowest BCUT2D eigenvalue weighted by Crippen LogP contribution is -2.38. The zero-order valence-electron chi connectivity index (χ0n) is 15.8. The molecule has 1 unspecified atom stereocenters. The van der Waals surface area contributed by atoms with Crippen molar-refractivity contribution >= 4 is 17.7 Å². The molecule has 3 amide bonds. The molecule has 2 N–H and O–H groups in total. The quantitative estimate of drug-likeness (QED) is 0.707. The van der Waals surface area contributed by atoms with Gasteiger partial charge < -0.3 is 15.2 Å². The average molecular weight is 382 g/mol. The van der Waals surface area contributed by atoms with Crippen LogP contribution in [-0.4, -0.2) is 42.9 Å². The largest absolute Gasteiger partial charge is 0.493 e. The summed E-state index contributed by atoms with van der Waals surface area (Å²) < 4.78 is 11.0. The Kier molecular flexibility index (Phi) is 5.63. The van der Waals surface area contributed by atoms with Crippen molar-refractivity contribution in [2.24, 2.45) is 5.73 Å². The van der Waals surface area contributed by atoms with E-state index in [-0.39, 0.29) is 6.54 Å². The van der Waals surface area contributed by atoms with Gasteiger partial charge >= 0.3 is 0 Å². The molecule has 146 valence electrons. The van der Waals surface area contributed by atoms with Crippen LogP contribution >= 0.6 is 0 Å². The third kappa shape index (κ3) is 3.55. The highest BCUT2D eigenvalue weighted by Gasteiger charge is 2.37. The number of nitrogens with zero attached hydrogens (tertiary/aromatic N) is 1. The average Bonchev–Trinajstić information content (AvgIpc) is 2.94. The summed E-state index contributed by atoms with van der Waals surface area (Å²) in [7, 11) is 1.53. The van der Waals surface area contributed by atoms with Crippen molar-refractivity contribution in [2.45, 2.75) is 19.3 Å². The minimum Gasteiger partial charge on any atom is -0.493 e. The molecule has 0 bridgehead atoms. The molecule has 3 rings (SSSR count). The Morgan fingerprint density at radius 2 is 1.71 bits per heavy atom. The van der Waals surface area contributed by atoms with Gasteiger partial charge in [-0.1, -0.05) is 25.1 Å². The molecule has 0 saturated carbocycles. The summed E-state index contributed by atoms with van der Waals surface area (Å²) >= 11 is 0. The van der Waals surface area contributed by atoms with Crippen molar-refractivity contribution in [3.63, 3.8) is 0 Å². The fraction of sp³-hybridized carbons (Fsp3) is 0.286. The van der Waals surface area contributed by atoms with Crippen molar-refractivity contribution in [3.8, 4) is 11.5 Å². The van der Waals surface area contributed by atoms with E-state index in [1.54, 1.807) is 42.5 Å². The van der Waals surface area contributed by atoms with Gasteiger partial charge in [0.2, 0.25) is 5.91 Å². The van der Waals surface area contributed by atoms with Crippen molar-refractivity contribution in [1.29, 1.82) is 0 Å². The van der Waals surface area contributed by atoms with Gasteiger partial charge in [-0.25, -0.2) is 0 Å². The summed E-state index contributed by atoms with van der Waals surface area (Å²) in [5.74, 6) is -1.34. The lowest BCUT2D eigenvalue weighted by Gasteiger charge is -2.21. The zero-order chi connectivity index (χ0) is 20.3. The highest BCUT2D eigenvalue weighted by Crippen LogP contribution is 2.32. The van der Waals surface area contributed by atoms with Gasteiger partial charge in [0.1, 0.15) is 0 Å². The number of primary amides is 1. The molecule has 2 aromatic rings. The molecule has 1 heterocycles. The van der Waals surface area contributed by atoms with Gasteiger partial charge in [-0.2, -0.15) is 0 Å². The monoisotopic (exact) mass is 382 g/mol. The van der Waals surface area contributed by atoms with Crippen LogP contribution in [0.3, 0.4) is 0 Å². The normalized spacial score (nSPS) is 14.0. The number of imide groups is 1. The number of carbonyl (C=O) groups is 3. The topological polar surface area (TPSA) is 98.9 Å². The Morgan fingerprint density at radius 3 is 2.25 bits per heavy atom.